The fourth-order valence-corrected chi connectivity index (χ4v) is 6.72. The molecule has 4 aromatic carbocycles. The highest BCUT2D eigenvalue weighted by Gasteiger charge is 2.38. The summed E-state index contributed by atoms with van der Waals surface area (Å²) < 4.78 is 18.6. The molecule has 1 aliphatic heterocycles. The van der Waals surface area contributed by atoms with Crippen molar-refractivity contribution in [1.82, 2.24) is 4.57 Å². The van der Waals surface area contributed by atoms with Gasteiger partial charge in [0, 0.05) is 45.5 Å². The van der Waals surface area contributed by atoms with Crippen LogP contribution < -0.4 is 14.4 Å². The molecule has 1 amide bonds. The Kier molecular flexibility index (Phi) is 8.55. The first kappa shape index (κ1) is 29.3. The van der Waals surface area contributed by atoms with E-state index in [4.69, 9.17) is 14.2 Å². The van der Waals surface area contributed by atoms with E-state index in [2.05, 4.69) is 71.3 Å². The number of esters is 1. The Morgan fingerprint density at radius 2 is 1.45 bits per heavy atom. The molecule has 0 aliphatic carbocycles. The minimum Gasteiger partial charge on any atom is -0.493 e. The summed E-state index contributed by atoms with van der Waals surface area (Å²) in [5, 5.41) is 2.44. The van der Waals surface area contributed by atoms with E-state index in [0.717, 1.165) is 30.5 Å². The molecular weight excluding hydrogens is 552 g/mol. The molecule has 1 aromatic heterocycles. The number of carbonyl (C=O) groups is 2. The number of para-hydroxylation sites is 3. The molecule has 2 unspecified atom stereocenters. The standard InChI is InChI=1S/C37H38N2O5/c1-4-44-36(40)20-12-5-13-26-24-33(39-30-17-9-6-14-27(30)28-15-7-10-18-31(28)39)29-16-8-11-19-32(29)38(26)37(41)25-21-22-34(42-2)35(23-25)43-3/h6-11,14-19,21-23,26,33H,4-5,12-13,20,24H2,1-3H3. The van der Waals surface area contributed by atoms with Crippen LogP contribution >= 0.6 is 0 Å². The van der Waals surface area contributed by atoms with Gasteiger partial charge in [-0.1, -0.05) is 61.0 Å². The number of hydrogen-bond acceptors (Lipinski definition) is 5. The monoisotopic (exact) mass is 590 g/mol. The van der Waals surface area contributed by atoms with Gasteiger partial charge in [-0.3, -0.25) is 9.59 Å². The lowest BCUT2D eigenvalue weighted by Gasteiger charge is -2.42. The molecule has 2 atom stereocenters. The third-order valence-electron chi connectivity index (χ3n) is 8.67. The molecule has 0 N–H and O–H groups in total. The summed E-state index contributed by atoms with van der Waals surface area (Å²) in [6, 6.07) is 30.6. The fourth-order valence-electron chi connectivity index (χ4n) is 6.72. The Bertz CT molecular complexity index is 1760. The predicted molar refractivity (Wildman–Crippen MR) is 174 cm³/mol. The highest BCUT2D eigenvalue weighted by Crippen LogP contribution is 2.45. The van der Waals surface area contributed by atoms with Gasteiger partial charge < -0.3 is 23.7 Å². The van der Waals surface area contributed by atoms with Gasteiger partial charge in [0.25, 0.3) is 5.91 Å². The third-order valence-corrected chi connectivity index (χ3v) is 8.67. The number of benzene rings is 4. The van der Waals surface area contributed by atoms with Crippen molar-refractivity contribution in [3.8, 4) is 11.5 Å². The number of rotatable bonds is 10. The topological polar surface area (TPSA) is 70.0 Å². The van der Waals surface area contributed by atoms with Crippen LogP contribution in [-0.4, -0.2) is 43.3 Å². The molecule has 0 radical (unpaired) electrons. The second-order valence-corrected chi connectivity index (χ2v) is 11.2. The van der Waals surface area contributed by atoms with Crippen LogP contribution in [0.15, 0.2) is 91.0 Å². The Morgan fingerprint density at radius 1 is 0.795 bits per heavy atom. The normalized spacial score (nSPS) is 16.1. The molecule has 0 spiro atoms. The van der Waals surface area contributed by atoms with E-state index in [1.165, 1.54) is 21.8 Å². The average molecular weight is 591 g/mol. The van der Waals surface area contributed by atoms with E-state index in [9.17, 15) is 9.59 Å². The van der Waals surface area contributed by atoms with E-state index in [1.54, 1.807) is 32.4 Å². The van der Waals surface area contributed by atoms with Crippen LogP contribution in [0.3, 0.4) is 0 Å². The maximum Gasteiger partial charge on any atom is 0.305 e. The molecule has 0 fully saturated rings. The highest BCUT2D eigenvalue weighted by molar-refractivity contribution is 6.09. The summed E-state index contributed by atoms with van der Waals surface area (Å²) in [4.78, 5) is 28.5. The van der Waals surface area contributed by atoms with Crippen molar-refractivity contribution in [3.63, 3.8) is 0 Å². The van der Waals surface area contributed by atoms with Gasteiger partial charge in [0.15, 0.2) is 11.5 Å². The van der Waals surface area contributed by atoms with E-state index in [-0.39, 0.29) is 24.0 Å². The van der Waals surface area contributed by atoms with E-state index >= 15 is 0 Å². The molecule has 6 rings (SSSR count). The summed E-state index contributed by atoms with van der Waals surface area (Å²) in [5.41, 5.74) is 4.89. The molecule has 0 saturated carbocycles. The van der Waals surface area contributed by atoms with Crippen LogP contribution in [0.1, 0.15) is 61.0 Å². The Hall–Kier alpha value is -4.78. The Morgan fingerprint density at radius 3 is 2.14 bits per heavy atom. The average Bonchev–Trinajstić information content (AvgIpc) is 3.40. The summed E-state index contributed by atoms with van der Waals surface area (Å²) in [5.74, 6) is 0.820. The zero-order chi connectivity index (χ0) is 30.6. The molecule has 7 nitrogen and oxygen atoms in total. The van der Waals surface area contributed by atoms with Crippen molar-refractivity contribution >= 4 is 39.4 Å². The van der Waals surface area contributed by atoms with Gasteiger partial charge in [-0.25, -0.2) is 0 Å². The van der Waals surface area contributed by atoms with Crippen LogP contribution in [0.4, 0.5) is 5.69 Å². The number of unbranched alkanes of at least 4 members (excludes halogenated alkanes) is 1. The molecule has 5 aromatic rings. The number of carbonyl (C=O) groups excluding carboxylic acids is 2. The number of ether oxygens (including phenoxy) is 3. The second-order valence-electron chi connectivity index (χ2n) is 11.2. The summed E-state index contributed by atoms with van der Waals surface area (Å²) in [6.45, 7) is 2.20. The van der Waals surface area contributed by atoms with Crippen molar-refractivity contribution in [2.24, 2.45) is 0 Å². The summed E-state index contributed by atoms with van der Waals surface area (Å²) in [6.07, 6.45) is 3.35. The molecule has 7 heteroatoms. The van der Waals surface area contributed by atoms with Gasteiger partial charge in [-0.15, -0.1) is 0 Å². The number of aromatic nitrogens is 1. The molecule has 0 saturated heterocycles. The van der Waals surface area contributed by atoms with E-state index < -0.39 is 0 Å². The lowest BCUT2D eigenvalue weighted by Crippen LogP contribution is -2.46. The largest absolute Gasteiger partial charge is 0.493 e. The van der Waals surface area contributed by atoms with Crippen LogP contribution in [0, 0.1) is 0 Å². The molecule has 44 heavy (non-hydrogen) atoms. The number of methoxy groups -OCH3 is 2. The maximum atomic E-state index is 14.4. The van der Waals surface area contributed by atoms with Gasteiger partial charge >= 0.3 is 5.97 Å². The van der Waals surface area contributed by atoms with Crippen LogP contribution in [-0.2, 0) is 9.53 Å². The molecule has 0 bridgehead atoms. The number of fused-ring (bicyclic) bond motifs is 4. The zero-order valence-corrected chi connectivity index (χ0v) is 25.5. The minimum absolute atomic E-state index is 0.0144. The van der Waals surface area contributed by atoms with Gasteiger partial charge in [0.2, 0.25) is 0 Å². The lowest BCUT2D eigenvalue weighted by molar-refractivity contribution is -0.143. The minimum atomic E-state index is -0.178. The highest BCUT2D eigenvalue weighted by atomic mass is 16.5. The first-order chi connectivity index (χ1) is 21.5. The quantitative estimate of drug-likeness (QED) is 0.122. The van der Waals surface area contributed by atoms with Crippen LogP contribution in [0.2, 0.25) is 0 Å². The van der Waals surface area contributed by atoms with Crippen molar-refractivity contribution < 1.29 is 23.8 Å². The molecule has 1 aliphatic rings. The number of amides is 1. The van der Waals surface area contributed by atoms with Crippen molar-refractivity contribution in [1.29, 1.82) is 0 Å². The van der Waals surface area contributed by atoms with Gasteiger partial charge in [0.05, 0.1) is 26.9 Å². The fraction of sp³-hybridized carbons (Fsp3) is 0.297. The zero-order valence-electron chi connectivity index (χ0n) is 25.5. The van der Waals surface area contributed by atoms with Crippen LogP contribution in [0.5, 0.6) is 11.5 Å². The third kappa shape index (κ3) is 5.39. The van der Waals surface area contributed by atoms with Gasteiger partial charge in [-0.2, -0.15) is 0 Å². The van der Waals surface area contributed by atoms with E-state index in [1.807, 2.05) is 17.9 Å². The van der Waals surface area contributed by atoms with Gasteiger partial charge in [-0.05, 0) is 68.1 Å². The smallest absolute Gasteiger partial charge is 0.305 e. The van der Waals surface area contributed by atoms with Crippen molar-refractivity contribution in [2.45, 2.75) is 51.1 Å². The maximum absolute atomic E-state index is 14.4. The number of anilines is 1. The Balaban J connectivity index is 1.44. The first-order valence-electron chi connectivity index (χ1n) is 15.3. The summed E-state index contributed by atoms with van der Waals surface area (Å²) >= 11 is 0. The van der Waals surface area contributed by atoms with Crippen LogP contribution in [0.25, 0.3) is 21.8 Å². The van der Waals surface area contributed by atoms with Crippen molar-refractivity contribution in [3.05, 3.63) is 102 Å². The predicted octanol–water partition coefficient (Wildman–Crippen LogP) is 7.94. The molecule has 226 valence electrons. The second kappa shape index (κ2) is 12.8. The first-order valence-corrected chi connectivity index (χ1v) is 15.3. The molecule has 2 heterocycles. The SMILES string of the molecule is CCOC(=O)CCCCC1CC(n2c3ccccc3c3ccccc32)c2ccccc2N1C(=O)c1ccc(OC)c(OC)c1. The molecular formula is C37H38N2O5. The number of nitrogens with zero attached hydrogens (tertiary/aromatic N) is 2. The lowest BCUT2D eigenvalue weighted by atomic mass is 9.87. The van der Waals surface area contributed by atoms with Crippen molar-refractivity contribution in [2.75, 3.05) is 25.7 Å². The number of hydrogen-bond donors (Lipinski definition) is 0. The Labute approximate surface area is 257 Å². The van der Waals surface area contributed by atoms with Gasteiger partial charge in [0.1, 0.15) is 0 Å². The summed E-state index contributed by atoms with van der Waals surface area (Å²) in [7, 11) is 3.16. The van der Waals surface area contributed by atoms with E-state index in [0.29, 0.717) is 36.5 Å².